The van der Waals surface area contributed by atoms with E-state index in [0.717, 1.165) is 0 Å². The molecule has 1 aliphatic heterocycles. The van der Waals surface area contributed by atoms with Crippen LogP contribution in [0.4, 0.5) is 0 Å². The van der Waals surface area contributed by atoms with Crippen LogP contribution < -0.4 is 0 Å². The fraction of sp³-hybridized carbons (Fsp3) is 0.700. The zero-order chi connectivity index (χ0) is 11.8. The fourth-order valence-corrected chi connectivity index (χ4v) is 3.73. The minimum absolute atomic E-state index is 0.214. The maximum Gasteiger partial charge on any atom is 0.212 e. The number of oxazole rings is 1. The highest BCUT2D eigenvalue weighted by Gasteiger charge is 2.36. The molecule has 1 aliphatic rings. The van der Waals surface area contributed by atoms with Crippen molar-refractivity contribution in [2.24, 2.45) is 0 Å². The summed E-state index contributed by atoms with van der Waals surface area (Å²) in [5, 5.41) is 8.60. The molecule has 0 amide bonds. The van der Waals surface area contributed by atoms with Gasteiger partial charge < -0.3 is 9.52 Å². The van der Waals surface area contributed by atoms with Gasteiger partial charge in [-0.05, 0) is 19.8 Å². The molecule has 6 heteroatoms. The summed E-state index contributed by atoms with van der Waals surface area (Å²) in [4.78, 5) is 4.12. The first-order chi connectivity index (χ1) is 7.49. The smallest absolute Gasteiger partial charge is 0.212 e. The molecule has 90 valence electrons. The Labute approximate surface area is 94.4 Å². The molecule has 1 aromatic rings. The molecule has 16 heavy (non-hydrogen) atoms. The summed E-state index contributed by atoms with van der Waals surface area (Å²) >= 11 is 0. The van der Waals surface area contributed by atoms with Crippen LogP contribution in [0.2, 0.25) is 0 Å². The summed E-state index contributed by atoms with van der Waals surface area (Å²) in [5.74, 6) is 0.486. The van der Waals surface area contributed by atoms with E-state index in [9.17, 15) is 13.5 Å². The van der Waals surface area contributed by atoms with Crippen molar-refractivity contribution in [1.82, 2.24) is 4.98 Å². The number of hydrogen-bond donors (Lipinski definition) is 1. The summed E-state index contributed by atoms with van der Waals surface area (Å²) in [6, 6.07) is 0. The lowest BCUT2D eigenvalue weighted by Crippen LogP contribution is -2.09. The quantitative estimate of drug-likeness (QED) is 0.853. The zero-order valence-electron chi connectivity index (χ0n) is 9.09. The topological polar surface area (TPSA) is 80.4 Å². The van der Waals surface area contributed by atoms with Crippen LogP contribution in [0.1, 0.15) is 36.6 Å². The van der Waals surface area contributed by atoms with Gasteiger partial charge >= 0.3 is 0 Å². The Morgan fingerprint density at radius 3 is 3.00 bits per heavy atom. The van der Waals surface area contributed by atoms with Crippen molar-refractivity contribution < 1.29 is 17.9 Å². The van der Waals surface area contributed by atoms with E-state index >= 15 is 0 Å². The molecule has 0 aliphatic carbocycles. The summed E-state index contributed by atoms with van der Waals surface area (Å²) in [5.41, 5.74) is 0.604. The van der Waals surface area contributed by atoms with E-state index in [4.69, 9.17) is 4.42 Å². The molecule has 2 heterocycles. The first kappa shape index (κ1) is 11.6. The highest BCUT2D eigenvalue weighted by Crippen LogP contribution is 2.33. The van der Waals surface area contributed by atoms with E-state index in [1.54, 1.807) is 6.92 Å². The van der Waals surface area contributed by atoms with Crippen molar-refractivity contribution in [1.29, 1.82) is 0 Å². The number of aliphatic hydroxyl groups is 1. The van der Waals surface area contributed by atoms with Gasteiger partial charge in [0.1, 0.15) is 11.5 Å². The third-order valence-corrected chi connectivity index (χ3v) is 4.84. The van der Waals surface area contributed by atoms with Gasteiger partial charge in [-0.25, -0.2) is 13.4 Å². The van der Waals surface area contributed by atoms with Gasteiger partial charge in [0.2, 0.25) is 5.89 Å². The second-order valence-electron chi connectivity index (χ2n) is 4.23. The van der Waals surface area contributed by atoms with E-state index in [1.807, 2.05) is 0 Å². The molecule has 1 N–H and O–H groups in total. The average molecular weight is 245 g/mol. The van der Waals surface area contributed by atoms with E-state index in [0.29, 0.717) is 25.0 Å². The van der Waals surface area contributed by atoms with Crippen LogP contribution in [0.15, 0.2) is 10.7 Å². The number of aliphatic hydroxyl groups excluding tert-OH is 1. The largest absolute Gasteiger partial charge is 0.447 e. The maximum atomic E-state index is 11.6. The molecule has 0 spiro atoms. The molecule has 2 rings (SSSR count). The zero-order valence-corrected chi connectivity index (χ0v) is 9.90. The summed E-state index contributed by atoms with van der Waals surface area (Å²) in [6.07, 6.45) is 2.56. The Bertz CT molecular complexity index is 463. The normalized spacial score (nSPS) is 25.8. The number of nitrogens with zero attached hydrogens (tertiary/aromatic N) is 1. The fourth-order valence-electron chi connectivity index (χ4n) is 1.94. The lowest BCUT2D eigenvalue weighted by atomic mass is 10.2. The van der Waals surface area contributed by atoms with Gasteiger partial charge in [0.25, 0.3) is 0 Å². The Kier molecular flexibility index (Phi) is 3.03. The monoisotopic (exact) mass is 245 g/mol. The van der Waals surface area contributed by atoms with Gasteiger partial charge in [0, 0.05) is 6.42 Å². The molecule has 0 radical (unpaired) electrons. The van der Waals surface area contributed by atoms with Crippen molar-refractivity contribution in [2.45, 2.75) is 37.5 Å². The van der Waals surface area contributed by atoms with Crippen molar-refractivity contribution in [3.05, 3.63) is 17.8 Å². The third-order valence-electron chi connectivity index (χ3n) is 2.68. The first-order valence-electron chi connectivity index (χ1n) is 5.33. The molecule has 2 unspecified atom stereocenters. The van der Waals surface area contributed by atoms with Crippen LogP contribution >= 0.6 is 0 Å². The minimum Gasteiger partial charge on any atom is -0.447 e. The van der Waals surface area contributed by atoms with Crippen molar-refractivity contribution in [3.63, 3.8) is 0 Å². The van der Waals surface area contributed by atoms with Crippen molar-refractivity contribution >= 4 is 9.84 Å². The predicted octanol–water partition coefficient (Wildman–Crippen LogP) is 0.848. The van der Waals surface area contributed by atoms with Crippen LogP contribution in [0.3, 0.4) is 0 Å². The molecule has 1 saturated heterocycles. The minimum atomic E-state index is -3.07. The van der Waals surface area contributed by atoms with Crippen molar-refractivity contribution in [3.8, 4) is 0 Å². The molecular formula is C10H15NO4S. The van der Waals surface area contributed by atoms with Gasteiger partial charge in [0.15, 0.2) is 9.84 Å². The molecular weight excluding hydrogens is 230 g/mol. The van der Waals surface area contributed by atoms with Gasteiger partial charge in [0.05, 0.1) is 17.6 Å². The van der Waals surface area contributed by atoms with E-state index in [2.05, 4.69) is 4.98 Å². The highest BCUT2D eigenvalue weighted by atomic mass is 32.2. The molecule has 0 bridgehead atoms. The Morgan fingerprint density at radius 1 is 1.69 bits per heavy atom. The number of aromatic nitrogens is 1. The summed E-state index contributed by atoms with van der Waals surface area (Å²) in [7, 11) is -3.07. The third kappa shape index (κ3) is 2.27. The van der Waals surface area contributed by atoms with Gasteiger partial charge in [-0.1, -0.05) is 0 Å². The molecule has 2 atom stereocenters. The van der Waals surface area contributed by atoms with E-state index in [-0.39, 0.29) is 11.6 Å². The molecule has 0 aromatic carbocycles. The first-order valence-corrected chi connectivity index (χ1v) is 7.04. The van der Waals surface area contributed by atoms with E-state index in [1.165, 1.54) is 6.26 Å². The Hall–Kier alpha value is -0.880. The standard InChI is InChI=1S/C10H15NO4S/c1-7(12)5-8-6-15-10(11-8)9-3-2-4-16(9,13)14/h6-7,9,12H,2-5H2,1H3. The summed E-state index contributed by atoms with van der Waals surface area (Å²) < 4.78 is 28.5. The summed E-state index contributed by atoms with van der Waals surface area (Å²) in [6.45, 7) is 1.65. The van der Waals surface area contributed by atoms with Crippen LogP contribution in [0.25, 0.3) is 0 Å². The average Bonchev–Trinajstić information content (AvgIpc) is 2.70. The molecule has 1 aromatic heterocycles. The number of sulfone groups is 1. The SMILES string of the molecule is CC(O)Cc1coc(C2CCCS2(=O)=O)n1. The van der Waals surface area contributed by atoms with Gasteiger partial charge in [-0.15, -0.1) is 0 Å². The Morgan fingerprint density at radius 2 is 2.44 bits per heavy atom. The van der Waals surface area contributed by atoms with Gasteiger partial charge in [-0.2, -0.15) is 0 Å². The highest BCUT2D eigenvalue weighted by molar-refractivity contribution is 7.91. The lowest BCUT2D eigenvalue weighted by molar-refractivity contribution is 0.194. The second kappa shape index (κ2) is 4.18. The number of hydrogen-bond acceptors (Lipinski definition) is 5. The maximum absolute atomic E-state index is 11.6. The molecule has 1 fully saturated rings. The van der Waals surface area contributed by atoms with Gasteiger partial charge in [-0.3, -0.25) is 0 Å². The molecule has 0 saturated carbocycles. The second-order valence-corrected chi connectivity index (χ2v) is 6.53. The molecule has 5 nitrogen and oxygen atoms in total. The lowest BCUT2D eigenvalue weighted by Gasteiger charge is -2.03. The predicted molar refractivity (Wildman–Crippen MR) is 57.6 cm³/mol. The van der Waals surface area contributed by atoms with Crippen LogP contribution in [0.5, 0.6) is 0 Å². The van der Waals surface area contributed by atoms with Crippen LogP contribution in [0, 0.1) is 0 Å². The van der Waals surface area contributed by atoms with E-state index < -0.39 is 21.2 Å². The number of rotatable bonds is 3. The Balaban J connectivity index is 2.19. The van der Waals surface area contributed by atoms with Crippen molar-refractivity contribution in [2.75, 3.05) is 5.75 Å². The van der Waals surface area contributed by atoms with Crippen LogP contribution in [-0.2, 0) is 16.3 Å². The van der Waals surface area contributed by atoms with Crippen LogP contribution in [-0.4, -0.2) is 30.4 Å².